The first-order valence-corrected chi connectivity index (χ1v) is 7.40. The van der Waals surface area contributed by atoms with Gasteiger partial charge in [-0.15, -0.1) is 0 Å². The SMILES string of the molecule is O=C(N1CCC(CN2CCOCC2)CC1)n1ccnc1. The summed E-state index contributed by atoms with van der Waals surface area (Å²) in [6, 6.07) is 0.0484. The van der Waals surface area contributed by atoms with E-state index in [0.717, 1.165) is 58.8 Å². The largest absolute Gasteiger partial charge is 0.379 e. The first-order chi connectivity index (χ1) is 9.83. The Morgan fingerprint density at radius 2 is 1.95 bits per heavy atom. The molecule has 1 aromatic rings. The number of hydrogen-bond donors (Lipinski definition) is 0. The highest BCUT2D eigenvalue weighted by Gasteiger charge is 2.25. The fourth-order valence-corrected chi connectivity index (χ4v) is 2.99. The van der Waals surface area contributed by atoms with Crippen LogP contribution >= 0.6 is 0 Å². The number of carbonyl (C=O) groups is 1. The van der Waals surface area contributed by atoms with Crippen LogP contribution in [0.1, 0.15) is 12.8 Å². The molecule has 0 aromatic carbocycles. The van der Waals surface area contributed by atoms with Gasteiger partial charge < -0.3 is 9.64 Å². The zero-order valence-corrected chi connectivity index (χ0v) is 11.8. The molecular formula is C14H22N4O2. The highest BCUT2D eigenvalue weighted by atomic mass is 16.5. The Labute approximate surface area is 119 Å². The molecule has 2 aliphatic heterocycles. The summed E-state index contributed by atoms with van der Waals surface area (Å²) in [5.41, 5.74) is 0. The van der Waals surface area contributed by atoms with E-state index in [1.54, 1.807) is 23.3 Å². The monoisotopic (exact) mass is 278 g/mol. The van der Waals surface area contributed by atoms with Gasteiger partial charge >= 0.3 is 6.03 Å². The van der Waals surface area contributed by atoms with Crippen LogP contribution < -0.4 is 0 Å². The zero-order valence-electron chi connectivity index (χ0n) is 11.8. The lowest BCUT2D eigenvalue weighted by molar-refractivity contribution is 0.0259. The predicted molar refractivity (Wildman–Crippen MR) is 74.6 cm³/mol. The smallest absolute Gasteiger partial charge is 0.329 e. The summed E-state index contributed by atoms with van der Waals surface area (Å²) in [4.78, 5) is 20.5. The number of ether oxygens (including phenoxy) is 1. The minimum absolute atomic E-state index is 0.0484. The fourth-order valence-electron chi connectivity index (χ4n) is 2.99. The maximum Gasteiger partial charge on any atom is 0.329 e. The standard InChI is InChI=1S/C14H22N4O2/c19-14(18-6-3-15-12-18)17-4-1-13(2-5-17)11-16-7-9-20-10-8-16/h3,6,12-13H,1-2,4-5,7-11H2. The molecule has 3 heterocycles. The number of rotatable bonds is 2. The second kappa shape index (κ2) is 6.37. The molecule has 0 radical (unpaired) electrons. The van der Waals surface area contributed by atoms with Gasteiger partial charge in [-0.25, -0.2) is 9.78 Å². The van der Waals surface area contributed by atoms with E-state index in [-0.39, 0.29) is 6.03 Å². The minimum Gasteiger partial charge on any atom is -0.379 e. The van der Waals surface area contributed by atoms with Crippen molar-refractivity contribution in [3.05, 3.63) is 18.7 Å². The van der Waals surface area contributed by atoms with Crippen LogP contribution in [0.4, 0.5) is 4.79 Å². The summed E-state index contributed by atoms with van der Waals surface area (Å²) in [6.07, 6.45) is 7.11. The van der Waals surface area contributed by atoms with Crippen molar-refractivity contribution in [2.45, 2.75) is 12.8 Å². The summed E-state index contributed by atoms with van der Waals surface area (Å²) in [5, 5.41) is 0. The van der Waals surface area contributed by atoms with Crippen LogP contribution in [0.5, 0.6) is 0 Å². The Morgan fingerprint density at radius 1 is 1.20 bits per heavy atom. The highest BCUT2D eigenvalue weighted by Crippen LogP contribution is 2.19. The lowest BCUT2D eigenvalue weighted by Gasteiger charge is -2.35. The van der Waals surface area contributed by atoms with Crippen molar-refractivity contribution in [1.29, 1.82) is 0 Å². The normalized spacial score (nSPS) is 22.1. The average molecular weight is 278 g/mol. The number of carbonyl (C=O) groups excluding carboxylic acids is 1. The molecule has 0 unspecified atom stereocenters. The maximum absolute atomic E-state index is 12.2. The summed E-state index contributed by atoms with van der Waals surface area (Å²) < 4.78 is 6.93. The van der Waals surface area contributed by atoms with Gasteiger partial charge in [-0.3, -0.25) is 9.47 Å². The second-order valence-electron chi connectivity index (χ2n) is 5.60. The van der Waals surface area contributed by atoms with Crippen LogP contribution in [0, 0.1) is 5.92 Å². The molecule has 0 saturated carbocycles. The Bertz CT molecular complexity index is 420. The van der Waals surface area contributed by atoms with E-state index in [0.29, 0.717) is 5.92 Å². The third-order valence-corrected chi connectivity index (χ3v) is 4.23. The lowest BCUT2D eigenvalue weighted by atomic mass is 9.96. The molecule has 0 atom stereocenters. The third kappa shape index (κ3) is 3.19. The summed E-state index contributed by atoms with van der Waals surface area (Å²) >= 11 is 0. The molecule has 2 saturated heterocycles. The second-order valence-corrected chi connectivity index (χ2v) is 5.60. The molecule has 2 fully saturated rings. The molecule has 1 amide bonds. The summed E-state index contributed by atoms with van der Waals surface area (Å²) in [5.74, 6) is 0.708. The Balaban J connectivity index is 1.45. The van der Waals surface area contributed by atoms with Crippen molar-refractivity contribution in [3.63, 3.8) is 0 Å². The van der Waals surface area contributed by atoms with Crippen LogP contribution in [0.25, 0.3) is 0 Å². The number of amides is 1. The quantitative estimate of drug-likeness (QED) is 0.806. The van der Waals surface area contributed by atoms with Crippen LogP contribution in [0.3, 0.4) is 0 Å². The highest BCUT2D eigenvalue weighted by molar-refractivity contribution is 5.76. The van der Waals surface area contributed by atoms with Crippen molar-refractivity contribution in [2.24, 2.45) is 5.92 Å². The van der Waals surface area contributed by atoms with Gasteiger partial charge in [0.15, 0.2) is 0 Å². The zero-order chi connectivity index (χ0) is 13.8. The van der Waals surface area contributed by atoms with Gasteiger partial charge in [0.2, 0.25) is 0 Å². The predicted octanol–water partition coefficient (Wildman–Crippen LogP) is 0.895. The molecule has 3 rings (SSSR count). The van der Waals surface area contributed by atoms with Crippen molar-refractivity contribution < 1.29 is 9.53 Å². The molecule has 110 valence electrons. The first-order valence-electron chi connectivity index (χ1n) is 7.40. The molecular weight excluding hydrogens is 256 g/mol. The summed E-state index contributed by atoms with van der Waals surface area (Å²) in [7, 11) is 0. The van der Waals surface area contributed by atoms with E-state index in [4.69, 9.17) is 4.74 Å². The number of morpholine rings is 1. The van der Waals surface area contributed by atoms with Crippen molar-refractivity contribution in [3.8, 4) is 0 Å². The maximum atomic E-state index is 12.2. The number of piperidine rings is 1. The van der Waals surface area contributed by atoms with Gasteiger partial charge in [0.05, 0.1) is 13.2 Å². The lowest BCUT2D eigenvalue weighted by Crippen LogP contribution is -2.45. The molecule has 2 aliphatic rings. The fraction of sp³-hybridized carbons (Fsp3) is 0.714. The molecule has 0 aliphatic carbocycles. The van der Waals surface area contributed by atoms with Crippen LogP contribution in [0.2, 0.25) is 0 Å². The van der Waals surface area contributed by atoms with Gasteiger partial charge in [-0.1, -0.05) is 0 Å². The van der Waals surface area contributed by atoms with Crippen LogP contribution in [0.15, 0.2) is 18.7 Å². The van der Waals surface area contributed by atoms with E-state index in [2.05, 4.69) is 9.88 Å². The molecule has 0 spiro atoms. The third-order valence-electron chi connectivity index (χ3n) is 4.23. The summed E-state index contributed by atoms with van der Waals surface area (Å²) in [6.45, 7) is 6.67. The number of imidazole rings is 1. The molecule has 6 nitrogen and oxygen atoms in total. The molecule has 20 heavy (non-hydrogen) atoms. The van der Waals surface area contributed by atoms with Gasteiger partial charge in [0.25, 0.3) is 0 Å². The van der Waals surface area contributed by atoms with E-state index < -0.39 is 0 Å². The topological polar surface area (TPSA) is 50.6 Å². The molecule has 0 N–H and O–H groups in total. The van der Waals surface area contributed by atoms with Gasteiger partial charge in [0.1, 0.15) is 6.33 Å². The minimum atomic E-state index is 0.0484. The van der Waals surface area contributed by atoms with E-state index in [1.807, 2.05) is 4.90 Å². The Morgan fingerprint density at radius 3 is 2.60 bits per heavy atom. The van der Waals surface area contributed by atoms with E-state index >= 15 is 0 Å². The van der Waals surface area contributed by atoms with Crippen molar-refractivity contribution >= 4 is 6.03 Å². The number of nitrogens with zero attached hydrogens (tertiary/aromatic N) is 4. The molecule has 0 bridgehead atoms. The van der Waals surface area contributed by atoms with E-state index in [1.165, 1.54) is 0 Å². The van der Waals surface area contributed by atoms with Crippen LogP contribution in [-0.2, 0) is 4.74 Å². The Hall–Kier alpha value is -1.40. The first kappa shape index (κ1) is 13.6. The Kier molecular flexibility index (Phi) is 4.32. The molecule has 1 aromatic heterocycles. The van der Waals surface area contributed by atoms with Gasteiger partial charge in [-0.05, 0) is 18.8 Å². The van der Waals surface area contributed by atoms with Gasteiger partial charge in [0, 0.05) is 45.1 Å². The van der Waals surface area contributed by atoms with Crippen molar-refractivity contribution in [2.75, 3.05) is 45.9 Å². The van der Waals surface area contributed by atoms with E-state index in [9.17, 15) is 4.79 Å². The number of likely N-dealkylation sites (tertiary alicyclic amines) is 1. The van der Waals surface area contributed by atoms with Crippen LogP contribution in [-0.4, -0.2) is 71.3 Å². The van der Waals surface area contributed by atoms with Crippen molar-refractivity contribution in [1.82, 2.24) is 19.4 Å². The number of hydrogen-bond acceptors (Lipinski definition) is 4. The number of aromatic nitrogens is 2. The van der Waals surface area contributed by atoms with Gasteiger partial charge in [-0.2, -0.15) is 0 Å². The average Bonchev–Trinajstić information content (AvgIpc) is 3.03. The molecule has 6 heteroatoms.